The third kappa shape index (κ3) is 4.84. The van der Waals surface area contributed by atoms with Crippen LogP contribution in [0.2, 0.25) is 0 Å². The minimum atomic E-state index is -4.44. The van der Waals surface area contributed by atoms with Crippen LogP contribution in [-0.2, 0) is 0 Å². The number of nitrogen functional groups attached to an aromatic ring is 1. The number of halogens is 4. The number of aromatic nitrogens is 3. The predicted molar refractivity (Wildman–Crippen MR) is 98.0 cm³/mol. The average Bonchev–Trinajstić information content (AvgIpc) is 3.09. The van der Waals surface area contributed by atoms with Crippen LogP contribution < -0.4 is 5.73 Å². The summed E-state index contributed by atoms with van der Waals surface area (Å²) >= 11 is 0. The molecule has 0 amide bonds. The van der Waals surface area contributed by atoms with E-state index < -0.39 is 17.6 Å². The number of benzene rings is 1. The maximum Gasteiger partial charge on any atom is 0.416 e. The Kier molecular flexibility index (Phi) is 6.20. The molecule has 0 saturated carbocycles. The van der Waals surface area contributed by atoms with Gasteiger partial charge in [-0.05, 0) is 56.2 Å². The van der Waals surface area contributed by atoms with Crippen LogP contribution in [0.4, 0.5) is 23.2 Å². The van der Waals surface area contributed by atoms with Gasteiger partial charge in [0.2, 0.25) is 0 Å². The van der Waals surface area contributed by atoms with E-state index in [0.29, 0.717) is 17.7 Å². The summed E-state index contributed by atoms with van der Waals surface area (Å²) in [5.41, 5.74) is 6.42. The van der Waals surface area contributed by atoms with E-state index >= 15 is 0 Å². The van der Waals surface area contributed by atoms with Crippen LogP contribution in [0.3, 0.4) is 0 Å². The second-order valence-electron chi connectivity index (χ2n) is 5.84. The molecule has 4 nitrogen and oxygen atoms in total. The maximum atomic E-state index is 13.7. The fourth-order valence-corrected chi connectivity index (χ4v) is 2.30. The monoisotopic (exact) mass is 380 g/mol. The molecule has 0 aliphatic rings. The molecule has 0 aliphatic carbocycles. The molecule has 0 radical (unpaired) electrons. The van der Waals surface area contributed by atoms with Crippen LogP contribution in [0.15, 0.2) is 53.9 Å². The normalized spacial score (nSPS) is 14.0. The molecule has 0 fully saturated rings. The molecule has 0 spiro atoms. The lowest BCUT2D eigenvalue weighted by molar-refractivity contribution is -0.0883. The molecule has 0 saturated heterocycles. The minimum Gasteiger partial charge on any atom is -0.396 e. The Morgan fingerprint density at radius 2 is 1.96 bits per heavy atom. The van der Waals surface area contributed by atoms with Gasteiger partial charge in [0.05, 0.1) is 17.0 Å². The fourth-order valence-electron chi connectivity index (χ4n) is 2.30. The van der Waals surface area contributed by atoms with E-state index in [1.54, 1.807) is 13.0 Å². The lowest BCUT2D eigenvalue weighted by Crippen LogP contribution is -2.10. The van der Waals surface area contributed by atoms with Crippen LogP contribution in [0.1, 0.15) is 27.2 Å². The number of hydrogen-bond donors (Lipinski definition) is 1. The smallest absolute Gasteiger partial charge is 0.396 e. The number of allylic oxidation sites excluding steroid dienone is 6. The Bertz CT molecular complexity index is 905. The zero-order valence-electron chi connectivity index (χ0n) is 15.2. The zero-order chi connectivity index (χ0) is 20.2. The van der Waals surface area contributed by atoms with Crippen molar-refractivity contribution in [1.29, 1.82) is 0 Å². The SMILES string of the molecule is C/C=C(\C=C/C(=C(C)CC)n1cnc(-c2ccc(N)c(F)c2)n1)C(F)(F)F. The standard InChI is InChI=1S/C19H20F4N4/c1-4-12(3)17(9-7-14(5-2)19(21,22)23)27-11-25-18(26-27)13-6-8-16(24)15(20)10-13/h5-11H,4,24H2,1-3H3/b9-7-,14-5+,17-12?. The maximum absolute atomic E-state index is 13.7. The fraction of sp³-hybridized carbons (Fsp3) is 0.263. The van der Waals surface area contributed by atoms with Gasteiger partial charge in [0.1, 0.15) is 12.1 Å². The molecule has 1 aromatic heterocycles. The first-order valence-electron chi connectivity index (χ1n) is 8.26. The van der Waals surface area contributed by atoms with Gasteiger partial charge in [0.25, 0.3) is 0 Å². The van der Waals surface area contributed by atoms with Crippen molar-refractivity contribution in [2.45, 2.75) is 33.4 Å². The molecule has 2 N–H and O–H groups in total. The Morgan fingerprint density at radius 3 is 2.52 bits per heavy atom. The molecule has 8 heteroatoms. The number of nitrogens with zero attached hydrogens (tertiary/aromatic N) is 3. The Hall–Kier alpha value is -2.90. The molecule has 0 aliphatic heterocycles. The number of rotatable bonds is 5. The molecular weight excluding hydrogens is 360 g/mol. The van der Waals surface area contributed by atoms with Gasteiger partial charge in [-0.2, -0.15) is 13.2 Å². The van der Waals surface area contributed by atoms with Gasteiger partial charge < -0.3 is 5.73 Å². The van der Waals surface area contributed by atoms with Crippen molar-refractivity contribution in [2.75, 3.05) is 5.73 Å². The summed E-state index contributed by atoms with van der Waals surface area (Å²) in [6, 6.07) is 4.19. The molecule has 2 aromatic rings. The third-order valence-electron chi connectivity index (χ3n) is 4.02. The third-order valence-corrected chi connectivity index (χ3v) is 4.02. The molecule has 27 heavy (non-hydrogen) atoms. The Morgan fingerprint density at radius 1 is 1.26 bits per heavy atom. The van der Waals surface area contributed by atoms with E-state index in [1.165, 1.54) is 36.1 Å². The highest BCUT2D eigenvalue weighted by molar-refractivity contribution is 5.63. The molecule has 0 unspecified atom stereocenters. The first kappa shape index (κ1) is 20.4. The Labute approximate surface area is 154 Å². The molecule has 0 bridgehead atoms. The second-order valence-corrected chi connectivity index (χ2v) is 5.84. The van der Waals surface area contributed by atoms with Crippen LogP contribution >= 0.6 is 0 Å². The summed E-state index contributed by atoms with van der Waals surface area (Å²) in [6.07, 6.45) is 0.904. The van der Waals surface area contributed by atoms with Crippen molar-refractivity contribution in [3.63, 3.8) is 0 Å². The average molecular weight is 380 g/mol. The number of alkyl halides is 3. The summed E-state index contributed by atoms with van der Waals surface area (Å²) in [5, 5.41) is 4.27. The first-order valence-corrected chi connectivity index (χ1v) is 8.26. The van der Waals surface area contributed by atoms with E-state index in [4.69, 9.17) is 5.73 Å². The lowest BCUT2D eigenvalue weighted by atomic mass is 10.1. The highest BCUT2D eigenvalue weighted by atomic mass is 19.4. The number of nitrogens with two attached hydrogens (primary N) is 1. The molecule has 2 rings (SSSR count). The highest BCUT2D eigenvalue weighted by Crippen LogP contribution is 2.28. The van der Waals surface area contributed by atoms with Gasteiger partial charge in [0, 0.05) is 5.56 Å². The van der Waals surface area contributed by atoms with Crippen LogP contribution in [0, 0.1) is 5.82 Å². The van der Waals surface area contributed by atoms with Crippen LogP contribution in [0.25, 0.3) is 17.1 Å². The first-order chi connectivity index (χ1) is 12.7. The molecule has 144 valence electrons. The molecule has 1 heterocycles. The van der Waals surface area contributed by atoms with Crippen molar-refractivity contribution in [2.24, 2.45) is 0 Å². The summed E-state index contributed by atoms with van der Waals surface area (Å²) in [4.78, 5) is 4.13. The van der Waals surface area contributed by atoms with Crippen molar-refractivity contribution in [1.82, 2.24) is 14.8 Å². The van der Waals surface area contributed by atoms with Crippen molar-refractivity contribution < 1.29 is 17.6 Å². The topological polar surface area (TPSA) is 56.7 Å². The van der Waals surface area contributed by atoms with E-state index in [-0.39, 0.29) is 11.5 Å². The number of anilines is 1. The summed E-state index contributed by atoms with van der Waals surface area (Å²) < 4.78 is 53.8. The second kappa shape index (κ2) is 8.20. The highest BCUT2D eigenvalue weighted by Gasteiger charge is 2.30. The van der Waals surface area contributed by atoms with E-state index in [0.717, 1.165) is 17.7 Å². The van der Waals surface area contributed by atoms with Gasteiger partial charge in [-0.15, -0.1) is 5.10 Å². The van der Waals surface area contributed by atoms with Gasteiger partial charge >= 0.3 is 6.18 Å². The number of hydrogen-bond acceptors (Lipinski definition) is 3. The van der Waals surface area contributed by atoms with Crippen molar-refractivity contribution >= 4 is 11.4 Å². The summed E-state index contributed by atoms with van der Waals surface area (Å²) in [5.74, 6) is -0.349. The van der Waals surface area contributed by atoms with Gasteiger partial charge in [0.15, 0.2) is 5.82 Å². The van der Waals surface area contributed by atoms with Gasteiger partial charge in [-0.25, -0.2) is 14.1 Å². The van der Waals surface area contributed by atoms with E-state index in [1.807, 2.05) is 6.92 Å². The lowest BCUT2D eigenvalue weighted by Gasteiger charge is -2.09. The zero-order valence-corrected chi connectivity index (χ0v) is 15.2. The summed E-state index contributed by atoms with van der Waals surface area (Å²) in [7, 11) is 0. The van der Waals surface area contributed by atoms with Crippen LogP contribution in [-0.4, -0.2) is 20.9 Å². The quantitative estimate of drug-likeness (QED) is 0.431. The van der Waals surface area contributed by atoms with Crippen molar-refractivity contribution in [3.05, 3.63) is 59.7 Å². The minimum absolute atomic E-state index is 0.00885. The largest absolute Gasteiger partial charge is 0.416 e. The van der Waals surface area contributed by atoms with E-state index in [2.05, 4.69) is 10.1 Å². The van der Waals surface area contributed by atoms with Crippen LogP contribution in [0.5, 0.6) is 0 Å². The molecule has 0 atom stereocenters. The van der Waals surface area contributed by atoms with Crippen molar-refractivity contribution in [3.8, 4) is 11.4 Å². The molecule has 1 aromatic carbocycles. The van der Waals surface area contributed by atoms with Gasteiger partial charge in [-0.1, -0.05) is 13.0 Å². The Balaban J connectivity index is 2.42. The van der Waals surface area contributed by atoms with E-state index in [9.17, 15) is 17.6 Å². The van der Waals surface area contributed by atoms with Gasteiger partial charge in [-0.3, -0.25) is 0 Å². The molecular formula is C19H20F4N4. The predicted octanol–water partition coefficient (Wildman–Crippen LogP) is 5.37. The summed E-state index contributed by atoms with van der Waals surface area (Å²) in [6.45, 7) is 5.01.